The second-order valence-electron chi connectivity index (χ2n) is 8.56. The summed E-state index contributed by atoms with van der Waals surface area (Å²) in [5.41, 5.74) is 4.03. The lowest BCUT2D eigenvalue weighted by molar-refractivity contribution is -0.136. The Morgan fingerprint density at radius 2 is 1.72 bits per heavy atom. The number of nitrogens with zero attached hydrogens (tertiary/aromatic N) is 3. The number of nitrogens with one attached hydrogen (secondary N) is 1. The van der Waals surface area contributed by atoms with Gasteiger partial charge in [0.1, 0.15) is 11.7 Å². The molecule has 0 aliphatic heterocycles. The molecule has 1 heterocycles. The van der Waals surface area contributed by atoms with E-state index in [9.17, 15) is 9.59 Å². The van der Waals surface area contributed by atoms with Gasteiger partial charge in [0.05, 0.1) is 11.9 Å². The molecule has 0 spiro atoms. The number of carbonyl (C=O) groups is 2. The second kappa shape index (κ2) is 9.83. The zero-order valence-corrected chi connectivity index (χ0v) is 20.2. The van der Waals surface area contributed by atoms with Crippen molar-refractivity contribution in [3.63, 3.8) is 0 Å². The van der Waals surface area contributed by atoms with E-state index < -0.39 is 17.8 Å². The summed E-state index contributed by atoms with van der Waals surface area (Å²) in [4.78, 5) is 23.3. The zero-order valence-electron chi connectivity index (χ0n) is 19.4. The molecule has 36 heavy (non-hydrogen) atoms. The molecular formula is C27H23ClN4O4. The van der Waals surface area contributed by atoms with Crippen LogP contribution in [0.3, 0.4) is 0 Å². The number of rotatable bonds is 8. The summed E-state index contributed by atoms with van der Waals surface area (Å²) in [6.07, 6.45) is 1.97. The minimum absolute atomic E-state index is 0.369. The molecule has 1 N–H and O–H groups in total. The third-order valence-corrected chi connectivity index (χ3v) is 6.58. The first-order valence-corrected chi connectivity index (χ1v) is 11.8. The Kier molecular flexibility index (Phi) is 6.43. The average Bonchev–Trinajstić information content (AvgIpc) is 3.53. The summed E-state index contributed by atoms with van der Waals surface area (Å²) in [5, 5.41) is 11.2. The number of benzene rings is 3. The zero-order chi connectivity index (χ0) is 25.1. The lowest BCUT2D eigenvalue weighted by Crippen LogP contribution is -2.18. The van der Waals surface area contributed by atoms with E-state index in [4.69, 9.17) is 21.1 Å². The first-order valence-electron chi connectivity index (χ1n) is 11.4. The largest absolute Gasteiger partial charge is 0.456 e. The van der Waals surface area contributed by atoms with Crippen molar-refractivity contribution in [1.29, 1.82) is 0 Å². The van der Waals surface area contributed by atoms with E-state index in [1.54, 1.807) is 13.0 Å². The number of amides is 1. The van der Waals surface area contributed by atoms with Crippen molar-refractivity contribution in [1.82, 2.24) is 15.0 Å². The van der Waals surface area contributed by atoms with E-state index in [1.165, 1.54) is 10.9 Å². The summed E-state index contributed by atoms with van der Waals surface area (Å²) in [5.74, 6) is 0.369. The number of halogens is 1. The van der Waals surface area contributed by atoms with Crippen molar-refractivity contribution >= 4 is 30.0 Å². The maximum absolute atomic E-state index is 12.5. The van der Waals surface area contributed by atoms with E-state index in [2.05, 4.69) is 15.6 Å². The number of hydrogen-bond donors (Lipinski definition) is 1. The van der Waals surface area contributed by atoms with Gasteiger partial charge in [0.2, 0.25) is 0 Å². The molecule has 182 valence electrons. The number of aromatic nitrogens is 3. The van der Waals surface area contributed by atoms with E-state index in [-0.39, 0.29) is 0 Å². The maximum atomic E-state index is 12.5. The van der Waals surface area contributed by atoms with Crippen LogP contribution in [0.1, 0.15) is 37.0 Å². The van der Waals surface area contributed by atoms with Gasteiger partial charge in [0.25, 0.3) is 6.47 Å². The van der Waals surface area contributed by atoms with Crippen LogP contribution < -0.4 is 5.32 Å². The lowest BCUT2D eigenvalue weighted by atomic mass is 10.0. The molecule has 1 atom stereocenters. The fraction of sp³-hybridized carbons (Fsp3) is 0.185. The average molecular weight is 503 g/mol. The molecule has 9 heteroatoms. The van der Waals surface area contributed by atoms with Crippen LogP contribution in [0.2, 0.25) is 5.02 Å². The van der Waals surface area contributed by atoms with Gasteiger partial charge in [-0.05, 0) is 54.7 Å². The molecule has 1 fully saturated rings. The summed E-state index contributed by atoms with van der Waals surface area (Å²) in [7, 11) is 0. The van der Waals surface area contributed by atoms with Crippen LogP contribution in [-0.2, 0) is 19.9 Å². The quantitative estimate of drug-likeness (QED) is 0.294. The minimum Gasteiger partial charge on any atom is -0.456 e. The Labute approximate surface area is 212 Å². The molecule has 5 rings (SSSR count). The van der Waals surface area contributed by atoms with Crippen molar-refractivity contribution in [3.05, 3.63) is 95.1 Å². The van der Waals surface area contributed by atoms with Gasteiger partial charge in [-0.3, -0.25) is 10.1 Å². The number of anilines is 1. The molecule has 8 nitrogen and oxygen atoms in total. The van der Waals surface area contributed by atoms with E-state index >= 15 is 0 Å². The molecule has 1 saturated carbocycles. The fourth-order valence-corrected chi connectivity index (χ4v) is 4.40. The topological polar surface area (TPSA) is 95.3 Å². The highest BCUT2D eigenvalue weighted by molar-refractivity contribution is 6.31. The van der Waals surface area contributed by atoms with Crippen LogP contribution in [0.4, 0.5) is 10.6 Å². The van der Waals surface area contributed by atoms with Gasteiger partial charge in [-0.25, -0.2) is 4.79 Å². The van der Waals surface area contributed by atoms with Gasteiger partial charge in [0, 0.05) is 10.6 Å². The highest BCUT2D eigenvalue weighted by Gasteiger charge is 2.46. The minimum atomic E-state index is -0.644. The highest BCUT2D eigenvalue weighted by Crippen LogP contribution is 2.49. The Balaban J connectivity index is 1.26. The predicted octanol–water partition coefficient (Wildman–Crippen LogP) is 6.06. The van der Waals surface area contributed by atoms with Crippen LogP contribution in [0.25, 0.3) is 16.8 Å². The Hall–Kier alpha value is -4.17. The smallest absolute Gasteiger partial charge is 0.413 e. The summed E-state index contributed by atoms with van der Waals surface area (Å²) < 4.78 is 12.3. The van der Waals surface area contributed by atoms with E-state index in [0.29, 0.717) is 22.9 Å². The van der Waals surface area contributed by atoms with Crippen molar-refractivity contribution in [2.75, 3.05) is 5.32 Å². The molecular weight excluding hydrogens is 480 g/mol. The fourth-order valence-electron chi connectivity index (χ4n) is 4.12. The van der Waals surface area contributed by atoms with Crippen LogP contribution in [0, 0.1) is 0 Å². The number of carbonyl (C=O) groups excluding carboxylic acids is 2. The molecule has 4 aromatic rings. The highest BCUT2D eigenvalue weighted by atomic mass is 35.5. The molecule has 0 saturated heterocycles. The molecule has 1 aliphatic rings. The van der Waals surface area contributed by atoms with Crippen LogP contribution >= 0.6 is 11.6 Å². The molecule has 3 aromatic carbocycles. The summed E-state index contributed by atoms with van der Waals surface area (Å²) in [6, 6.07) is 22.9. The monoisotopic (exact) mass is 502 g/mol. The van der Waals surface area contributed by atoms with Gasteiger partial charge in [0.15, 0.2) is 5.82 Å². The number of ether oxygens (including phenoxy) is 2. The van der Waals surface area contributed by atoms with Crippen molar-refractivity contribution in [2.45, 2.75) is 31.5 Å². The van der Waals surface area contributed by atoms with Crippen molar-refractivity contribution in [2.24, 2.45) is 0 Å². The standard InChI is InChI=1S/C27H23ClN4O4/c1-18(23-4-2-3-5-24(23)28)36-26(34)30-25-16-29-31-32(25)22-12-8-20(9-13-22)19-6-10-21(11-7-19)27(14-15-27)35-17-33/h2-13,16-18H,14-15H2,1H3,(H,30,34)/t18-/m1/s1. The molecule has 0 radical (unpaired) electrons. The van der Waals surface area contributed by atoms with Gasteiger partial charge in [-0.2, -0.15) is 4.68 Å². The molecule has 1 aliphatic carbocycles. The molecule has 1 aromatic heterocycles. The normalized spacial score (nSPS) is 14.5. The first-order chi connectivity index (χ1) is 17.5. The van der Waals surface area contributed by atoms with E-state index in [1.807, 2.05) is 66.7 Å². The summed E-state index contributed by atoms with van der Waals surface area (Å²) >= 11 is 6.20. The summed E-state index contributed by atoms with van der Waals surface area (Å²) in [6.45, 7) is 2.27. The Morgan fingerprint density at radius 3 is 2.36 bits per heavy atom. The van der Waals surface area contributed by atoms with Crippen LogP contribution in [0.15, 0.2) is 79.0 Å². The van der Waals surface area contributed by atoms with Crippen molar-refractivity contribution < 1.29 is 19.1 Å². The van der Waals surface area contributed by atoms with Crippen molar-refractivity contribution in [3.8, 4) is 16.8 Å². The Bertz CT molecular complexity index is 1380. The predicted molar refractivity (Wildman–Crippen MR) is 135 cm³/mol. The van der Waals surface area contributed by atoms with E-state index in [0.717, 1.165) is 35.2 Å². The number of hydrogen-bond acceptors (Lipinski definition) is 6. The van der Waals surface area contributed by atoms with Gasteiger partial charge >= 0.3 is 6.09 Å². The SMILES string of the molecule is C[C@@H](OC(=O)Nc1cnnn1-c1ccc(-c2ccc(C3(OC=O)CC3)cc2)cc1)c1ccccc1Cl. The molecule has 0 unspecified atom stereocenters. The third kappa shape index (κ3) is 4.81. The lowest BCUT2D eigenvalue weighted by Gasteiger charge is -2.15. The Morgan fingerprint density at radius 1 is 1.06 bits per heavy atom. The maximum Gasteiger partial charge on any atom is 0.413 e. The van der Waals surface area contributed by atoms with Gasteiger partial charge < -0.3 is 9.47 Å². The third-order valence-electron chi connectivity index (χ3n) is 6.24. The van der Waals surface area contributed by atoms with Crippen LogP contribution in [0.5, 0.6) is 0 Å². The first kappa shape index (κ1) is 23.6. The van der Waals surface area contributed by atoms with Gasteiger partial charge in [-0.1, -0.05) is 71.4 Å². The second-order valence-corrected chi connectivity index (χ2v) is 8.96. The molecule has 1 amide bonds. The molecule has 0 bridgehead atoms. The van der Waals surface area contributed by atoms with Gasteiger partial charge in [-0.15, -0.1) is 5.10 Å². The van der Waals surface area contributed by atoms with Crippen LogP contribution in [-0.4, -0.2) is 27.6 Å².